The third-order valence-corrected chi connectivity index (χ3v) is 15.2. The van der Waals surface area contributed by atoms with E-state index in [0.717, 1.165) is 13.8 Å². The van der Waals surface area contributed by atoms with Crippen molar-refractivity contribution >= 4 is 11.8 Å². The van der Waals surface area contributed by atoms with Crippen molar-refractivity contribution in [3.05, 3.63) is 0 Å². The predicted molar refractivity (Wildman–Crippen MR) is 251 cm³/mol. The Labute approximate surface area is 460 Å². The predicted octanol–water partition coefficient (Wildman–Crippen LogP) is -12.9. The summed E-state index contributed by atoms with van der Waals surface area (Å²) in [5.74, 6) is -1.64. The quantitative estimate of drug-likeness (QED) is 0.0606. The van der Waals surface area contributed by atoms with Crippen molar-refractivity contribution in [3.63, 3.8) is 0 Å². The van der Waals surface area contributed by atoms with Crippen LogP contribution in [0.25, 0.3) is 0 Å². The zero-order valence-electron chi connectivity index (χ0n) is 44.2. The summed E-state index contributed by atoms with van der Waals surface area (Å²) < 4.78 is 76.5. The lowest BCUT2D eigenvalue weighted by Gasteiger charge is -2.51. The summed E-state index contributed by atoms with van der Waals surface area (Å²) in [5, 5.41) is 201. The van der Waals surface area contributed by atoms with E-state index in [1.54, 1.807) is 0 Å². The molecule has 7 aliphatic rings. The number of aliphatic hydroxyl groups is 18. The number of rotatable bonds is 18. The summed E-state index contributed by atoms with van der Waals surface area (Å²) in [6, 6.07) is -3.40. The minimum Gasteiger partial charge on any atom is -0.394 e. The van der Waals surface area contributed by atoms with Crippen LogP contribution in [0.3, 0.4) is 0 Å². The van der Waals surface area contributed by atoms with E-state index < -0.39 is 253 Å². The first-order chi connectivity index (χ1) is 38.1. The molecule has 7 rings (SSSR count). The van der Waals surface area contributed by atoms with Gasteiger partial charge in [0.2, 0.25) is 11.8 Å². The third-order valence-electron chi connectivity index (χ3n) is 15.2. The van der Waals surface area contributed by atoms with Crippen LogP contribution in [-0.2, 0) is 71.2 Å². The van der Waals surface area contributed by atoms with Crippen LogP contribution in [0, 0.1) is 0 Å². The van der Waals surface area contributed by atoms with Crippen LogP contribution in [0.1, 0.15) is 34.6 Å². The molecule has 7 saturated heterocycles. The van der Waals surface area contributed by atoms with E-state index >= 15 is 0 Å². The maximum atomic E-state index is 12.7. The summed E-state index contributed by atoms with van der Waals surface area (Å²) in [6.45, 7) is 2.04. The summed E-state index contributed by atoms with van der Waals surface area (Å²) >= 11 is 0. The second kappa shape index (κ2) is 28.0. The Morgan fingerprint density at radius 1 is 0.346 bits per heavy atom. The van der Waals surface area contributed by atoms with Gasteiger partial charge in [0.05, 0.1) is 44.7 Å². The Hall–Kier alpha value is -2.30. The Balaban J connectivity index is 1.21. The molecule has 0 aliphatic carbocycles. The van der Waals surface area contributed by atoms with Gasteiger partial charge in [-0.3, -0.25) is 9.59 Å². The molecule has 35 heteroatoms. The van der Waals surface area contributed by atoms with Gasteiger partial charge in [-0.15, -0.1) is 0 Å². The van der Waals surface area contributed by atoms with Gasteiger partial charge < -0.3 is 164 Å². The molecule has 0 bridgehead atoms. The van der Waals surface area contributed by atoms with Gasteiger partial charge in [-0.2, -0.15) is 0 Å². The van der Waals surface area contributed by atoms with Gasteiger partial charge in [-0.1, -0.05) is 0 Å². The number of hydrogen-bond donors (Lipinski definition) is 20. The monoisotopic (exact) mass is 1190 g/mol. The van der Waals surface area contributed by atoms with E-state index in [0.29, 0.717) is 0 Å². The van der Waals surface area contributed by atoms with Crippen LogP contribution < -0.4 is 10.6 Å². The van der Waals surface area contributed by atoms with E-state index in [4.69, 9.17) is 61.6 Å². The topological polar surface area (TPSA) is 542 Å². The number of ether oxygens (including phenoxy) is 13. The van der Waals surface area contributed by atoms with Crippen LogP contribution in [0.2, 0.25) is 0 Å². The number of nitrogens with one attached hydrogen (secondary N) is 2. The van der Waals surface area contributed by atoms with Gasteiger partial charge in [-0.05, 0) is 20.8 Å². The second-order valence-corrected chi connectivity index (χ2v) is 21.0. The van der Waals surface area contributed by atoms with Crippen molar-refractivity contribution in [1.82, 2.24) is 10.6 Å². The SMILES string of the molecule is CC(=O)N[C@H]1[C@H](OC[C@H]2OC(O)[C@H](NC(C)=O)[C@@H](O[C@@H]3O[C@H](CO)[C@H](O)[C@H](O[C@@H]4O[C@H](CO)[C@H](O)[C@H](O)[C@H]4O[C@@H]4O[C@@H](C)[C@@H](O)[C@@H](O)[C@@H]4O)[C@H]3O[C@@H]3O[C@@H](C)[C@@H](O)[C@@H](O)[C@@H]3O)[C@H]2O)O[C@H](CO)[C@@H](O)[C@@H]1O[C@@H]1O[C@@H](C)[C@@H](O)[C@@H](O)[C@@H]1O. The number of amides is 2. The Kier molecular flexibility index (Phi) is 22.9. The molecule has 0 saturated carbocycles. The lowest BCUT2D eigenvalue weighted by Crippen LogP contribution is -2.70. The van der Waals surface area contributed by atoms with E-state index in [2.05, 4.69) is 10.6 Å². The van der Waals surface area contributed by atoms with Crippen LogP contribution >= 0.6 is 0 Å². The van der Waals surface area contributed by atoms with Gasteiger partial charge in [0.15, 0.2) is 44.0 Å². The standard InChI is InChI=1S/C46H78N2O33/c1-10-21(54)28(61)32(65)42(70-10)77-36-20(48-14(5)53)41(74-16(7-50)25(36)58)69-9-18-27(60)35(19(40(68)73-18)47-13(4)52)78-46-39(81-44-34(67)30(63)23(56)12(3)72-44)37(26(59)17(8-51)76-46)79-45-38(31(64)24(57)15(6-49)75-45)80-43-33(66)29(62)22(55)11(2)71-43/h10-12,15-46,49-51,54-68H,6-9H2,1-5H3,(H,47,52)(H,48,53)/t10-,11-,12-,15+,16+,17+,18+,19+,20+,21+,22+,23+,24-,25+,26-,27-,28+,29+,30+,31-,32-,33-,34-,35+,36+,37-,38+,39+,40?,41+,42-,43-,44-,45-,46-/m0/s1. The lowest BCUT2D eigenvalue weighted by atomic mass is 9.94. The maximum Gasteiger partial charge on any atom is 0.217 e. The summed E-state index contributed by atoms with van der Waals surface area (Å²) in [5.41, 5.74) is 0. The second-order valence-electron chi connectivity index (χ2n) is 21.0. The van der Waals surface area contributed by atoms with Gasteiger partial charge >= 0.3 is 0 Å². The van der Waals surface area contributed by atoms with Crippen molar-refractivity contribution in [1.29, 1.82) is 0 Å². The molecule has 0 spiro atoms. The molecular weight excluding hydrogens is 1110 g/mol. The number of carbonyl (C=O) groups excluding carboxylic acids is 2. The first kappa shape index (κ1) is 66.2. The van der Waals surface area contributed by atoms with Gasteiger partial charge in [0.25, 0.3) is 0 Å². The molecule has 0 radical (unpaired) electrons. The van der Waals surface area contributed by atoms with Crippen molar-refractivity contribution in [2.75, 3.05) is 26.4 Å². The van der Waals surface area contributed by atoms with Crippen LogP contribution in [0.5, 0.6) is 0 Å². The van der Waals surface area contributed by atoms with Crippen LogP contribution in [-0.4, -0.2) is 345 Å². The Morgan fingerprint density at radius 3 is 1.15 bits per heavy atom. The lowest BCUT2D eigenvalue weighted by molar-refractivity contribution is -0.410. The summed E-state index contributed by atoms with van der Waals surface area (Å²) in [6.07, 6.45) is -61.6. The van der Waals surface area contributed by atoms with Gasteiger partial charge in [0.1, 0.15) is 152 Å². The summed E-state index contributed by atoms with van der Waals surface area (Å²) in [4.78, 5) is 25.4. The number of aliphatic hydroxyl groups excluding tert-OH is 18. The fraction of sp³-hybridized carbons (Fsp3) is 0.957. The van der Waals surface area contributed by atoms with Crippen LogP contribution in [0.15, 0.2) is 0 Å². The number of carbonyl (C=O) groups is 2. The molecule has 7 aliphatic heterocycles. The molecule has 35 nitrogen and oxygen atoms in total. The first-order valence-electron chi connectivity index (χ1n) is 26.2. The molecular formula is C46H78N2O33. The fourth-order valence-corrected chi connectivity index (χ4v) is 10.5. The van der Waals surface area contributed by atoms with Gasteiger partial charge in [0, 0.05) is 13.8 Å². The normalized spacial score (nSPS) is 51.8. The highest BCUT2D eigenvalue weighted by Crippen LogP contribution is 2.38. The minimum absolute atomic E-state index is 0.776. The fourth-order valence-electron chi connectivity index (χ4n) is 10.5. The molecule has 20 N–H and O–H groups in total. The molecule has 81 heavy (non-hydrogen) atoms. The Morgan fingerprint density at radius 2 is 0.691 bits per heavy atom. The average Bonchev–Trinajstić information content (AvgIpc) is 3.42. The van der Waals surface area contributed by atoms with Crippen molar-refractivity contribution in [3.8, 4) is 0 Å². The zero-order chi connectivity index (χ0) is 59.8. The van der Waals surface area contributed by atoms with Crippen molar-refractivity contribution in [2.24, 2.45) is 0 Å². The van der Waals surface area contributed by atoms with E-state index in [1.807, 2.05) is 0 Å². The van der Waals surface area contributed by atoms with Crippen molar-refractivity contribution < 1.29 is 163 Å². The highest BCUT2D eigenvalue weighted by atomic mass is 16.8. The largest absolute Gasteiger partial charge is 0.394 e. The first-order valence-corrected chi connectivity index (χ1v) is 26.2. The molecule has 7 heterocycles. The molecule has 7 fully saturated rings. The zero-order valence-corrected chi connectivity index (χ0v) is 44.2. The van der Waals surface area contributed by atoms with E-state index in [-0.39, 0.29) is 0 Å². The van der Waals surface area contributed by atoms with E-state index in [1.165, 1.54) is 20.8 Å². The summed E-state index contributed by atoms with van der Waals surface area (Å²) in [7, 11) is 0. The average molecular weight is 1190 g/mol. The smallest absolute Gasteiger partial charge is 0.217 e. The molecule has 0 aromatic rings. The van der Waals surface area contributed by atoms with E-state index in [9.17, 15) is 102 Å². The number of hydrogen-bond acceptors (Lipinski definition) is 33. The highest BCUT2D eigenvalue weighted by Gasteiger charge is 2.59. The molecule has 1 unspecified atom stereocenters. The van der Waals surface area contributed by atoms with Gasteiger partial charge in [-0.25, -0.2) is 0 Å². The molecule has 0 aromatic carbocycles. The molecule has 0 aromatic heterocycles. The molecule has 2 amide bonds. The highest BCUT2D eigenvalue weighted by molar-refractivity contribution is 5.73. The van der Waals surface area contributed by atoms with Crippen molar-refractivity contribution in [2.45, 2.75) is 249 Å². The molecule has 35 atom stereocenters. The maximum absolute atomic E-state index is 12.7. The Bertz CT molecular complexity index is 2010. The third kappa shape index (κ3) is 14.3. The minimum atomic E-state index is -2.21. The molecule has 470 valence electrons. The van der Waals surface area contributed by atoms with Crippen LogP contribution in [0.4, 0.5) is 0 Å².